The molecule has 2 aromatic rings. The zero-order valence-corrected chi connectivity index (χ0v) is 12.9. The maximum absolute atomic E-state index is 12.1. The molecule has 0 aromatic carbocycles. The van der Waals surface area contributed by atoms with Gasteiger partial charge in [-0.1, -0.05) is 20.8 Å². The first kappa shape index (κ1) is 14.9. The Morgan fingerprint density at radius 3 is 2.70 bits per heavy atom. The molecule has 0 saturated carbocycles. The highest BCUT2D eigenvalue weighted by Crippen LogP contribution is 2.21. The van der Waals surface area contributed by atoms with Crippen molar-refractivity contribution in [2.24, 2.45) is 5.41 Å². The van der Waals surface area contributed by atoms with Gasteiger partial charge < -0.3 is 0 Å². The summed E-state index contributed by atoms with van der Waals surface area (Å²) in [6.07, 6.45) is 1.27. The first-order valence-electron chi connectivity index (χ1n) is 5.86. The minimum absolute atomic E-state index is 0.0117. The summed E-state index contributed by atoms with van der Waals surface area (Å²) in [6.45, 7) is 5.07. The zero-order chi connectivity index (χ0) is 15.0. The molecule has 0 spiro atoms. The van der Waals surface area contributed by atoms with Crippen molar-refractivity contribution in [2.45, 2.75) is 25.7 Å². The van der Waals surface area contributed by atoms with Gasteiger partial charge in [-0.2, -0.15) is 0 Å². The van der Waals surface area contributed by atoms with Crippen LogP contribution in [0.4, 0.5) is 0 Å². The number of nitrogens with one attached hydrogen (secondary N) is 2. The summed E-state index contributed by atoms with van der Waals surface area (Å²) in [7, 11) is -3.82. The summed E-state index contributed by atoms with van der Waals surface area (Å²) < 4.78 is 24.1. The van der Waals surface area contributed by atoms with Crippen molar-refractivity contribution >= 4 is 37.5 Å². The van der Waals surface area contributed by atoms with Crippen LogP contribution in [0.3, 0.4) is 0 Å². The average molecular weight is 313 g/mol. The van der Waals surface area contributed by atoms with Gasteiger partial charge in [-0.05, 0) is 17.5 Å². The number of nitrogens with zero attached hydrogens (tertiary/aromatic N) is 1. The van der Waals surface area contributed by atoms with Crippen molar-refractivity contribution in [1.29, 1.82) is 0 Å². The Kier molecular flexibility index (Phi) is 3.81. The van der Waals surface area contributed by atoms with E-state index in [0.717, 1.165) is 10.2 Å². The largest absolute Gasteiger partial charge is 0.277 e. The Balaban J connectivity index is 2.20. The maximum atomic E-state index is 12.1. The number of thiophene rings is 1. The average Bonchev–Trinajstić information content (AvgIpc) is 2.81. The molecule has 2 aromatic heterocycles. The summed E-state index contributed by atoms with van der Waals surface area (Å²) in [6, 6.07) is 3.31. The van der Waals surface area contributed by atoms with Crippen molar-refractivity contribution in [3.05, 3.63) is 23.7 Å². The van der Waals surface area contributed by atoms with Crippen molar-refractivity contribution in [2.75, 3.05) is 0 Å². The van der Waals surface area contributed by atoms with Gasteiger partial charge in [0, 0.05) is 17.0 Å². The van der Waals surface area contributed by atoms with Gasteiger partial charge in [-0.3, -0.25) is 10.2 Å². The number of aromatic nitrogens is 1. The normalized spacial score (nSPS) is 12.6. The summed E-state index contributed by atoms with van der Waals surface area (Å²) in [5.41, 5.74) is 1.52. The topological polar surface area (TPSA) is 88.2 Å². The Hall–Kier alpha value is -1.51. The molecule has 0 radical (unpaired) electrons. The third-order valence-electron chi connectivity index (χ3n) is 2.57. The van der Waals surface area contributed by atoms with E-state index < -0.39 is 21.3 Å². The fraction of sp³-hybridized carbons (Fsp3) is 0.333. The van der Waals surface area contributed by atoms with Crippen LogP contribution >= 0.6 is 11.3 Å². The zero-order valence-electron chi connectivity index (χ0n) is 11.3. The highest BCUT2D eigenvalue weighted by molar-refractivity contribution is 7.89. The van der Waals surface area contributed by atoms with Crippen LogP contribution in [0.2, 0.25) is 0 Å². The third-order valence-corrected chi connectivity index (χ3v) is 4.62. The first-order chi connectivity index (χ1) is 9.20. The van der Waals surface area contributed by atoms with Crippen LogP contribution in [-0.4, -0.2) is 19.3 Å². The molecule has 0 unspecified atom stereocenters. The van der Waals surface area contributed by atoms with Crippen LogP contribution in [0.25, 0.3) is 10.2 Å². The van der Waals surface area contributed by atoms with Crippen LogP contribution in [0, 0.1) is 5.41 Å². The molecule has 8 heteroatoms. The monoisotopic (exact) mass is 313 g/mol. The lowest BCUT2D eigenvalue weighted by Crippen LogP contribution is -2.46. The highest BCUT2D eigenvalue weighted by atomic mass is 32.2. The predicted molar refractivity (Wildman–Crippen MR) is 77.5 cm³/mol. The van der Waals surface area contributed by atoms with E-state index in [2.05, 4.69) is 15.2 Å². The fourth-order valence-electron chi connectivity index (χ4n) is 1.35. The minimum atomic E-state index is -3.82. The number of amides is 1. The molecule has 6 nitrogen and oxygen atoms in total. The van der Waals surface area contributed by atoms with E-state index in [1.165, 1.54) is 23.6 Å². The quantitative estimate of drug-likeness (QED) is 0.843. The minimum Gasteiger partial charge on any atom is -0.277 e. The lowest BCUT2D eigenvalue weighted by molar-refractivity contribution is -0.129. The molecule has 2 heterocycles. The van der Waals surface area contributed by atoms with Crippen molar-refractivity contribution < 1.29 is 13.2 Å². The van der Waals surface area contributed by atoms with Gasteiger partial charge in [0.05, 0.1) is 0 Å². The predicted octanol–water partition coefficient (Wildman–Crippen LogP) is 1.65. The van der Waals surface area contributed by atoms with Gasteiger partial charge in [-0.15, -0.1) is 16.2 Å². The van der Waals surface area contributed by atoms with E-state index >= 15 is 0 Å². The van der Waals surface area contributed by atoms with Crippen LogP contribution in [0.5, 0.6) is 0 Å². The molecule has 2 rings (SSSR count). The van der Waals surface area contributed by atoms with Gasteiger partial charge >= 0.3 is 0 Å². The SMILES string of the molecule is CC(C)(C)C(=O)NNS(=O)(=O)c1cnc2sccc2c1. The van der Waals surface area contributed by atoms with Crippen molar-refractivity contribution in [1.82, 2.24) is 15.2 Å². The Bertz CT molecular complexity index is 745. The Morgan fingerprint density at radius 2 is 2.05 bits per heavy atom. The molecule has 20 heavy (non-hydrogen) atoms. The van der Waals surface area contributed by atoms with Gasteiger partial charge in [-0.25, -0.2) is 13.4 Å². The van der Waals surface area contributed by atoms with E-state index in [4.69, 9.17) is 0 Å². The lowest BCUT2D eigenvalue weighted by Gasteiger charge is -2.17. The van der Waals surface area contributed by atoms with Gasteiger partial charge in [0.15, 0.2) is 0 Å². The molecule has 0 atom stereocenters. The standard InChI is InChI=1S/C12H15N3O3S2/c1-12(2,3)11(16)14-15-20(17,18)9-6-8-4-5-19-10(8)13-7-9/h4-7,15H,1-3H3,(H,14,16). The molecule has 0 fully saturated rings. The van der Waals surface area contributed by atoms with E-state index in [-0.39, 0.29) is 4.90 Å². The van der Waals surface area contributed by atoms with E-state index in [1.807, 2.05) is 5.38 Å². The van der Waals surface area contributed by atoms with E-state index in [9.17, 15) is 13.2 Å². The summed E-state index contributed by atoms with van der Waals surface area (Å²) in [4.78, 5) is 18.6. The fourth-order valence-corrected chi connectivity index (χ4v) is 2.88. The summed E-state index contributed by atoms with van der Waals surface area (Å²) in [5.74, 6) is -0.411. The van der Waals surface area contributed by atoms with Crippen molar-refractivity contribution in [3.8, 4) is 0 Å². The second-order valence-electron chi connectivity index (χ2n) is 5.30. The molecular weight excluding hydrogens is 298 g/mol. The van der Waals surface area contributed by atoms with Gasteiger partial charge in [0.2, 0.25) is 5.91 Å². The van der Waals surface area contributed by atoms with Crippen LogP contribution in [0.1, 0.15) is 20.8 Å². The third kappa shape index (κ3) is 3.14. The maximum Gasteiger partial charge on any atom is 0.258 e. The summed E-state index contributed by atoms with van der Waals surface area (Å²) >= 11 is 1.43. The number of carbonyl (C=O) groups is 1. The number of hydrazine groups is 1. The van der Waals surface area contributed by atoms with Crippen LogP contribution in [0.15, 0.2) is 28.6 Å². The van der Waals surface area contributed by atoms with Crippen LogP contribution < -0.4 is 10.3 Å². The molecule has 0 aliphatic heterocycles. The number of pyridine rings is 1. The number of hydrogen-bond acceptors (Lipinski definition) is 5. The second-order valence-corrected chi connectivity index (χ2v) is 7.87. The summed E-state index contributed by atoms with van der Waals surface area (Å²) in [5, 5.41) is 2.59. The molecule has 108 valence electrons. The molecule has 0 aliphatic carbocycles. The van der Waals surface area contributed by atoms with Gasteiger partial charge in [0.1, 0.15) is 9.73 Å². The molecule has 1 amide bonds. The second kappa shape index (κ2) is 5.12. The Labute approximate surface area is 121 Å². The molecule has 0 saturated heterocycles. The number of carbonyl (C=O) groups excluding carboxylic acids is 1. The smallest absolute Gasteiger partial charge is 0.258 e. The lowest BCUT2D eigenvalue weighted by atomic mass is 9.96. The van der Waals surface area contributed by atoms with Crippen LogP contribution in [-0.2, 0) is 14.8 Å². The molecule has 0 bridgehead atoms. The van der Waals surface area contributed by atoms with E-state index in [1.54, 1.807) is 26.8 Å². The molecular formula is C12H15N3O3S2. The molecule has 2 N–H and O–H groups in total. The number of sulfonamides is 1. The number of hydrogen-bond donors (Lipinski definition) is 2. The Morgan fingerprint density at radius 1 is 1.35 bits per heavy atom. The molecule has 0 aliphatic rings. The van der Waals surface area contributed by atoms with Crippen molar-refractivity contribution in [3.63, 3.8) is 0 Å². The van der Waals surface area contributed by atoms with Gasteiger partial charge in [0.25, 0.3) is 10.0 Å². The number of fused-ring (bicyclic) bond motifs is 1. The first-order valence-corrected chi connectivity index (χ1v) is 8.22. The van der Waals surface area contributed by atoms with E-state index in [0.29, 0.717) is 0 Å². The number of rotatable bonds is 3. The highest BCUT2D eigenvalue weighted by Gasteiger charge is 2.23.